The molecule has 28 heavy (non-hydrogen) atoms. The van der Waals surface area contributed by atoms with E-state index in [1.165, 1.54) is 11.3 Å². The Morgan fingerprint density at radius 3 is 2.57 bits per heavy atom. The summed E-state index contributed by atoms with van der Waals surface area (Å²) in [5, 5.41) is 5.17. The van der Waals surface area contributed by atoms with Crippen molar-refractivity contribution in [2.45, 2.75) is 13.8 Å². The van der Waals surface area contributed by atoms with Crippen LogP contribution in [0.4, 0.5) is 5.13 Å². The molecule has 0 saturated heterocycles. The van der Waals surface area contributed by atoms with Gasteiger partial charge in [0.25, 0.3) is 5.91 Å². The Kier molecular flexibility index (Phi) is 6.16. The number of hydrogen-bond donors (Lipinski definition) is 1. The molecule has 0 aliphatic carbocycles. The Morgan fingerprint density at radius 2 is 1.82 bits per heavy atom. The Balaban J connectivity index is 1.64. The van der Waals surface area contributed by atoms with E-state index >= 15 is 0 Å². The Bertz CT molecular complexity index is 984. The fourth-order valence-corrected chi connectivity index (χ4v) is 3.36. The standard InChI is InChI=1S/C21H22N2O4S/c1-13-5-6-14(2)18(9-13)27-11-20(24)23-21-22-16(12-28-21)15-7-8-17(25-3)19(10-15)26-4/h5-10,12H,11H2,1-4H3,(H,22,23,24). The van der Waals surface area contributed by atoms with Crippen LogP contribution < -0.4 is 19.5 Å². The summed E-state index contributed by atoms with van der Waals surface area (Å²) in [5.74, 6) is 1.73. The van der Waals surface area contributed by atoms with Gasteiger partial charge in [0, 0.05) is 10.9 Å². The van der Waals surface area contributed by atoms with Gasteiger partial charge in [0.05, 0.1) is 19.9 Å². The van der Waals surface area contributed by atoms with Crippen LogP contribution in [-0.4, -0.2) is 31.7 Å². The number of aromatic nitrogens is 1. The zero-order valence-corrected chi connectivity index (χ0v) is 17.1. The molecule has 1 N–H and O–H groups in total. The van der Waals surface area contributed by atoms with E-state index in [0.29, 0.717) is 22.4 Å². The van der Waals surface area contributed by atoms with Crippen molar-refractivity contribution in [2.24, 2.45) is 0 Å². The summed E-state index contributed by atoms with van der Waals surface area (Å²) in [4.78, 5) is 16.7. The molecule has 0 fully saturated rings. The van der Waals surface area contributed by atoms with E-state index in [-0.39, 0.29) is 12.5 Å². The predicted molar refractivity (Wildman–Crippen MR) is 111 cm³/mol. The highest BCUT2D eigenvalue weighted by Crippen LogP contribution is 2.33. The van der Waals surface area contributed by atoms with Crippen molar-refractivity contribution < 1.29 is 19.0 Å². The molecule has 3 rings (SSSR count). The molecule has 0 bridgehead atoms. The number of aryl methyl sites for hydroxylation is 2. The summed E-state index contributed by atoms with van der Waals surface area (Å²) in [6, 6.07) is 11.5. The molecule has 1 heterocycles. The molecule has 1 amide bonds. The molecule has 0 radical (unpaired) electrons. The predicted octanol–water partition coefficient (Wildman–Crippen LogP) is 4.46. The molecule has 0 aliphatic heterocycles. The van der Waals surface area contributed by atoms with Gasteiger partial charge in [0.1, 0.15) is 5.75 Å². The van der Waals surface area contributed by atoms with Gasteiger partial charge in [0.15, 0.2) is 23.2 Å². The lowest BCUT2D eigenvalue weighted by Gasteiger charge is -2.09. The van der Waals surface area contributed by atoms with E-state index in [4.69, 9.17) is 14.2 Å². The topological polar surface area (TPSA) is 69.7 Å². The third-order valence-electron chi connectivity index (χ3n) is 4.13. The Hall–Kier alpha value is -3.06. The maximum atomic E-state index is 12.2. The molecule has 0 aliphatic rings. The summed E-state index contributed by atoms with van der Waals surface area (Å²) >= 11 is 1.35. The van der Waals surface area contributed by atoms with Crippen molar-refractivity contribution in [3.8, 4) is 28.5 Å². The van der Waals surface area contributed by atoms with Crippen LogP contribution in [0.5, 0.6) is 17.2 Å². The quantitative estimate of drug-likeness (QED) is 0.636. The second-order valence-corrected chi connectivity index (χ2v) is 7.07. The highest BCUT2D eigenvalue weighted by Gasteiger charge is 2.12. The SMILES string of the molecule is COc1ccc(-c2csc(NC(=O)COc3cc(C)ccc3C)n2)cc1OC. The summed E-state index contributed by atoms with van der Waals surface area (Å²) in [5.41, 5.74) is 3.70. The zero-order chi connectivity index (χ0) is 20.1. The van der Waals surface area contributed by atoms with Crippen LogP contribution in [0, 0.1) is 13.8 Å². The first-order chi connectivity index (χ1) is 13.5. The number of benzene rings is 2. The number of amides is 1. The second-order valence-electron chi connectivity index (χ2n) is 6.21. The molecule has 0 atom stereocenters. The maximum absolute atomic E-state index is 12.2. The highest BCUT2D eigenvalue weighted by molar-refractivity contribution is 7.14. The average Bonchev–Trinajstić information content (AvgIpc) is 3.16. The zero-order valence-electron chi connectivity index (χ0n) is 16.2. The van der Waals surface area contributed by atoms with Gasteiger partial charge in [-0.3, -0.25) is 10.1 Å². The van der Waals surface area contributed by atoms with E-state index in [9.17, 15) is 4.79 Å². The number of rotatable bonds is 7. The molecule has 6 nitrogen and oxygen atoms in total. The number of methoxy groups -OCH3 is 2. The molecule has 0 spiro atoms. The Morgan fingerprint density at radius 1 is 1.04 bits per heavy atom. The average molecular weight is 398 g/mol. The number of ether oxygens (including phenoxy) is 3. The van der Waals surface area contributed by atoms with Crippen molar-refractivity contribution in [1.29, 1.82) is 0 Å². The number of carbonyl (C=O) groups is 1. The van der Waals surface area contributed by atoms with E-state index in [1.807, 2.05) is 55.6 Å². The van der Waals surface area contributed by atoms with Crippen LogP contribution in [0.2, 0.25) is 0 Å². The summed E-state index contributed by atoms with van der Waals surface area (Å²) < 4.78 is 16.2. The molecule has 3 aromatic rings. The second kappa shape index (κ2) is 8.75. The van der Waals surface area contributed by atoms with Crippen LogP contribution in [0.15, 0.2) is 41.8 Å². The molecule has 2 aromatic carbocycles. The van der Waals surface area contributed by atoms with Crippen molar-refractivity contribution >= 4 is 22.4 Å². The highest BCUT2D eigenvalue weighted by atomic mass is 32.1. The molecule has 1 aromatic heterocycles. The fraction of sp³-hybridized carbons (Fsp3) is 0.238. The van der Waals surface area contributed by atoms with E-state index in [1.54, 1.807) is 14.2 Å². The molecular formula is C21H22N2O4S. The minimum Gasteiger partial charge on any atom is -0.493 e. The Labute approximate surface area is 168 Å². The van der Waals surface area contributed by atoms with Gasteiger partial charge in [-0.15, -0.1) is 11.3 Å². The van der Waals surface area contributed by atoms with Crippen LogP contribution >= 0.6 is 11.3 Å². The molecular weight excluding hydrogens is 376 g/mol. The molecule has 0 unspecified atom stereocenters. The summed E-state index contributed by atoms with van der Waals surface area (Å²) in [6.07, 6.45) is 0. The minimum absolute atomic E-state index is 0.0738. The number of nitrogens with one attached hydrogen (secondary N) is 1. The number of hydrogen-bond acceptors (Lipinski definition) is 6. The maximum Gasteiger partial charge on any atom is 0.264 e. The van der Waals surface area contributed by atoms with Crippen molar-refractivity contribution in [1.82, 2.24) is 4.98 Å². The lowest BCUT2D eigenvalue weighted by molar-refractivity contribution is -0.118. The molecule has 146 valence electrons. The molecule has 0 saturated carbocycles. The van der Waals surface area contributed by atoms with Gasteiger partial charge in [-0.25, -0.2) is 4.98 Å². The van der Waals surface area contributed by atoms with Gasteiger partial charge in [-0.1, -0.05) is 12.1 Å². The third kappa shape index (κ3) is 4.61. The number of nitrogens with zero attached hydrogens (tertiary/aromatic N) is 1. The lowest BCUT2D eigenvalue weighted by atomic mass is 10.1. The first-order valence-corrected chi connectivity index (χ1v) is 9.56. The van der Waals surface area contributed by atoms with Crippen LogP contribution in [0.1, 0.15) is 11.1 Å². The largest absolute Gasteiger partial charge is 0.493 e. The van der Waals surface area contributed by atoms with Gasteiger partial charge < -0.3 is 14.2 Å². The van der Waals surface area contributed by atoms with Gasteiger partial charge in [-0.05, 0) is 49.2 Å². The van der Waals surface area contributed by atoms with Crippen molar-refractivity contribution in [3.05, 3.63) is 52.9 Å². The first-order valence-electron chi connectivity index (χ1n) is 8.68. The molecule has 7 heteroatoms. The lowest BCUT2D eigenvalue weighted by Crippen LogP contribution is -2.20. The van der Waals surface area contributed by atoms with Crippen molar-refractivity contribution in [2.75, 3.05) is 26.1 Å². The number of thiazole rings is 1. The van der Waals surface area contributed by atoms with E-state index < -0.39 is 0 Å². The smallest absolute Gasteiger partial charge is 0.264 e. The van der Waals surface area contributed by atoms with Gasteiger partial charge in [0.2, 0.25) is 0 Å². The van der Waals surface area contributed by atoms with Gasteiger partial charge in [-0.2, -0.15) is 0 Å². The summed E-state index contributed by atoms with van der Waals surface area (Å²) in [7, 11) is 3.18. The minimum atomic E-state index is -0.255. The van der Waals surface area contributed by atoms with Crippen LogP contribution in [-0.2, 0) is 4.79 Å². The normalized spacial score (nSPS) is 10.4. The van der Waals surface area contributed by atoms with Crippen LogP contribution in [0.3, 0.4) is 0 Å². The third-order valence-corrected chi connectivity index (χ3v) is 4.89. The van der Waals surface area contributed by atoms with E-state index in [2.05, 4.69) is 10.3 Å². The van der Waals surface area contributed by atoms with Crippen molar-refractivity contribution in [3.63, 3.8) is 0 Å². The van der Waals surface area contributed by atoms with Crippen LogP contribution in [0.25, 0.3) is 11.3 Å². The number of carbonyl (C=O) groups excluding carboxylic acids is 1. The van der Waals surface area contributed by atoms with Gasteiger partial charge >= 0.3 is 0 Å². The number of anilines is 1. The fourth-order valence-electron chi connectivity index (χ4n) is 2.62. The first kappa shape index (κ1) is 19.7. The van der Waals surface area contributed by atoms with E-state index in [0.717, 1.165) is 22.4 Å². The summed E-state index contributed by atoms with van der Waals surface area (Å²) in [6.45, 7) is 3.86. The monoisotopic (exact) mass is 398 g/mol.